The number of carbonyl (C=O) groups excluding carboxylic acids is 1. The van der Waals surface area contributed by atoms with E-state index in [1.807, 2.05) is 18.2 Å². The van der Waals surface area contributed by atoms with Crippen LogP contribution in [0.5, 0.6) is 0 Å². The Bertz CT molecular complexity index is 1140. The van der Waals surface area contributed by atoms with Crippen LogP contribution in [0.4, 0.5) is 22.4 Å². The number of alkyl halides is 4. The van der Waals surface area contributed by atoms with E-state index in [9.17, 15) is 32.0 Å². The smallest absolute Gasteiger partial charge is 0.335 e. The number of aliphatic hydroxyl groups is 1. The molecule has 1 aliphatic heterocycles. The van der Waals surface area contributed by atoms with Crippen LogP contribution in [-0.2, 0) is 17.0 Å². The molecule has 3 rings (SSSR count). The normalized spacial score (nSPS) is 18.0. The predicted molar refractivity (Wildman–Crippen MR) is 137 cm³/mol. The first kappa shape index (κ1) is 30.2. The van der Waals surface area contributed by atoms with Crippen LogP contribution in [0.1, 0.15) is 24.0 Å². The van der Waals surface area contributed by atoms with Gasteiger partial charge in [-0.15, -0.1) is 0 Å². The maximum absolute atomic E-state index is 14.7. The van der Waals surface area contributed by atoms with Gasteiger partial charge in [0.2, 0.25) is 0 Å². The summed E-state index contributed by atoms with van der Waals surface area (Å²) in [5.41, 5.74) is -0.592. The van der Waals surface area contributed by atoms with Gasteiger partial charge in [0.15, 0.2) is 0 Å². The Morgan fingerprint density at radius 2 is 1.66 bits per heavy atom. The molecular weight excluding hydrogens is 547 g/mol. The molecule has 2 aromatic carbocycles. The second kappa shape index (κ2) is 12.7. The van der Waals surface area contributed by atoms with E-state index in [2.05, 4.69) is 0 Å². The van der Waals surface area contributed by atoms with Crippen molar-refractivity contribution in [3.63, 3.8) is 0 Å². The van der Waals surface area contributed by atoms with Gasteiger partial charge in [0, 0.05) is 31.6 Å². The zero-order chi connectivity index (χ0) is 28.0. The largest absolute Gasteiger partial charge is 0.382 e. The van der Waals surface area contributed by atoms with Gasteiger partial charge in [-0.1, -0.05) is 84.6 Å². The van der Waals surface area contributed by atoms with Gasteiger partial charge in [-0.25, -0.2) is 4.79 Å². The molecule has 1 saturated heterocycles. The summed E-state index contributed by atoms with van der Waals surface area (Å²) in [4.78, 5) is 33.5. The van der Waals surface area contributed by atoms with Crippen molar-refractivity contribution >= 4 is 25.4 Å². The average molecular weight is 577 g/mol. The third-order valence-electron chi connectivity index (χ3n) is 5.90. The number of amides is 2. The SMILES string of the molecule is O=C1N(Cc2ccccc2)CC(C=CC(O)C(F)(F)c2ccccc2)N1CCCC(F)(F)SCP(=O)(O)O. The van der Waals surface area contributed by atoms with E-state index < -0.39 is 48.9 Å². The summed E-state index contributed by atoms with van der Waals surface area (Å²) in [7, 11) is -4.61. The summed E-state index contributed by atoms with van der Waals surface area (Å²) in [5, 5.41) is 6.81. The lowest BCUT2D eigenvalue weighted by Gasteiger charge is -2.24. The minimum Gasteiger partial charge on any atom is -0.382 e. The molecule has 38 heavy (non-hydrogen) atoms. The highest BCUT2D eigenvalue weighted by Crippen LogP contribution is 2.46. The predicted octanol–water partition coefficient (Wildman–Crippen LogP) is 5.24. The molecule has 0 spiro atoms. The lowest BCUT2D eigenvalue weighted by atomic mass is 10.0. The molecule has 1 aliphatic rings. The third kappa shape index (κ3) is 8.57. The van der Waals surface area contributed by atoms with Gasteiger partial charge in [-0.3, -0.25) is 4.57 Å². The zero-order valence-electron chi connectivity index (χ0n) is 20.2. The van der Waals surface area contributed by atoms with Crippen LogP contribution < -0.4 is 0 Å². The molecule has 1 fully saturated rings. The molecule has 2 amide bonds. The summed E-state index contributed by atoms with van der Waals surface area (Å²) in [5.74, 6) is -3.59. The molecule has 0 radical (unpaired) electrons. The van der Waals surface area contributed by atoms with Gasteiger partial charge in [0.25, 0.3) is 5.25 Å². The number of urea groups is 1. The molecular formula is C25H29F4N2O5PS. The van der Waals surface area contributed by atoms with Gasteiger partial charge < -0.3 is 24.7 Å². The monoisotopic (exact) mass is 576 g/mol. The minimum atomic E-state index is -4.61. The molecule has 0 aromatic heterocycles. The molecule has 7 nitrogen and oxygen atoms in total. The van der Waals surface area contributed by atoms with Gasteiger partial charge in [-0.05, 0) is 12.0 Å². The standard InChI is InChI=1S/C25H29F4N2O5PS/c26-24(27,38-18-37(34,35)36)14-7-15-31-21(17-30(23(31)33)16-19-8-3-1-4-9-19)12-13-22(32)25(28,29)20-10-5-2-6-11-20/h1-6,8-13,21-22,32H,7,14-18H2,(H2,34,35,36). The number of benzene rings is 2. The number of hydrogen-bond donors (Lipinski definition) is 3. The van der Waals surface area contributed by atoms with Crippen LogP contribution in [-0.4, -0.2) is 66.7 Å². The molecule has 2 atom stereocenters. The third-order valence-corrected chi connectivity index (χ3v) is 8.38. The first-order valence-corrected chi connectivity index (χ1v) is 14.5. The number of aliphatic hydroxyl groups excluding tert-OH is 1. The Kier molecular flexibility index (Phi) is 10.0. The van der Waals surface area contributed by atoms with Crippen LogP contribution >= 0.6 is 19.4 Å². The molecule has 13 heteroatoms. The Labute approximate surface area is 222 Å². The fourth-order valence-corrected chi connectivity index (χ4v) is 5.70. The Morgan fingerprint density at radius 3 is 2.26 bits per heavy atom. The van der Waals surface area contributed by atoms with E-state index in [1.165, 1.54) is 40.1 Å². The van der Waals surface area contributed by atoms with E-state index in [0.29, 0.717) is 0 Å². The number of nitrogens with zero attached hydrogens (tertiary/aromatic N) is 2. The summed E-state index contributed by atoms with van der Waals surface area (Å²) >= 11 is -0.154. The number of thioether (sulfide) groups is 1. The van der Waals surface area contributed by atoms with Gasteiger partial charge >= 0.3 is 19.5 Å². The van der Waals surface area contributed by atoms with Crippen LogP contribution in [0.15, 0.2) is 72.8 Å². The minimum absolute atomic E-state index is 0.0944. The molecule has 0 aliphatic carbocycles. The van der Waals surface area contributed by atoms with Gasteiger partial charge in [0.05, 0.1) is 6.04 Å². The topological polar surface area (TPSA) is 101 Å². The van der Waals surface area contributed by atoms with Crippen LogP contribution in [0.3, 0.4) is 0 Å². The molecule has 0 bridgehead atoms. The lowest BCUT2D eigenvalue weighted by molar-refractivity contribution is -0.0929. The summed E-state index contributed by atoms with van der Waals surface area (Å²) < 4.78 is 68.6. The quantitative estimate of drug-likeness (QED) is 0.171. The van der Waals surface area contributed by atoms with Crippen molar-refractivity contribution in [2.75, 3.05) is 18.6 Å². The fraction of sp³-hybridized carbons (Fsp3) is 0.400. The van der Waals surface area contributed by atoms with Crippen LogP contribution in [0, 0.1) is 0 Å². The van der Waals surface area contributed by atoms with E-state index in [4.69, 9.17) is 9.79 Å². The summed E-state index contributed by atoms with van der Waals surface area (Å²) in [6, 6.07) is 14.6. The highest BCUT2D eigenvalue weighted by atomic mass is 32.2. The second-order valence-electron chi connectivity index (χ2n) is 8.91. The number of rotatable bonds is 13. The van der Waals surface area contributed by atoms with Crippen molar-refractivity contribution in [1.82, 2.24) is 9.80 Å². The fourth-order valence-electron chi connectivity index (χ4n) is 3.98. The van der Waals surface area contributed by atoms with Gasteiger partial charge in [0.1, 0.15) is 11.6 Å². The first-order chi connectivity index (χ1) is 17.8. The van der Waals surface area contributed by atoms with E-state index in [0.717, 1.165) is 11.6 Å². The molecule has 208 valence electrons. The van der Waals surface area contributed by atoms with Crippen LogP contribution in [0.2, 0.25) is 0 Å². The highest BCUT2D eigenvalue weighted by molar-refractivity contribution is 8.05. The first-order valence-electron chi connectivity index (χ1n) is 11.7. The van der Waals surface area contributed by atoms with Crippen molar-refractivity contribution < 1.29 is 41.8 Å². The average Bonchev–Trinajstić information content (AvgIpc) is 3.16. The van der Waals surface area contributed by atoms with E-state index >= 15 is 0 Å². The molecule has 2 aromatic rings. The van der Waals surface area contributed by atoms with Crippen molar-refractivity contribution in [1.29, 1.82) is 0 Å². The molecule has 3 N–H and O–H groups in total. The van der Waals surface area contributed by atoms with E-state index in [1.54, 1.807) is 18.2 Å². The maximum Gasteiger partial charge on any atom is 0.335 e. The zero-order valence-corrected chi connectivity index (χ0v) is 22.0. The number of halogens is 4. The van der Waals surface area contributed by atoms with Crippen molar-refractivity contribution in [2.24, 2.45) is 0 Å². The Morgan fingerprint density at radius 1 is 1.05 bits per heavy atom. The van der Waals surface area contributed by atoms with Crippen molar-refractivity contribution in [3.8, 4) is 0 Å². The summed E-state index contributed by atoms with van der Waals surface area (Å²) in [6.45, 7) is 0.172. The maximum atomic E-state index is 14.7. The Hall–Kier alpha value is -2.37. The van der Waals surface area contributed by atoms with Gasteiger partial charge in [-0.2, -0.15) is 17.6 Å². The lowest BCUT2D eigenvalue weighted by Crippen LogP contribution is -2.36. The molecule has 0 saturated carbocycles. The van der Waals surface area contributed by atoms with E-state index in [-0.39, 0.29) is 43.4 Å². The van der Waals surface area contributed by atoms with Crippen molar-refractivity contribution in [2.45, 2.75) is 42.7 Å². The Balaban J connectivity index is 1.71. The van der Waals surface area contributed by atoms with Crippen molar-refractivity contribution in [3.05, 3.63) is 83.9 Å². The number of carbonyl (C=O) groups is 1. The molecule has 2 unspecified atom stereocenters. The summed E-state index contributed by atoms with van der Waals surface area (Å²) in [6.07, 6.45) is -0.928. The second-order valence-corrected chi connectivity index (χ2v) is 12.2. The number of hydrogen-bond acceptors (Lipinski definition) is 4. The molecule has 1 heterocycles. The van der Waals surface area contributed by atoms with Crippen LogP contribution in [0.25, 0.3) is 0 Å². The highest BCUT2D eigenvalue weighted by Gasteiger charge is 2.41.